The van der Waals surface area contributed by atoms with Crippen molar-refractivity contribution in [1.29, 1.82) is 0 Å². The van der Waals surface area contributed by atoms with Gasteiger partial charge in [-0.2, -0.15) is 0 Å². The molecule has 1 saturated heterocycles. The predicted molar refractivity (Wildman–Crippen MR) is 117 cm³/mol. The van der Waals surface area contributed by atoms with Crippen LogP contribution < -0.4 is 4.90 Å². The van der Waals surface area contributed by atoms with Gasteiger partial charge in [-0.3, -0.25) is 0 Å². The van der Waals surface area contributed by atoms with Gasteiger partial charge >= 0.3 is 0 Å². The zero-order valence-corrected chi connectivity index (χ0v) is 19.0. The smallest absolute Gasteiger partial charge is 0.214 e. The Morgan fingerprint density at radius 1 is 1.13 bits per heavy atom. The van der Waals surface area contributed by atoms with E-state index < -0.39 is 25.1 Å². The minimum Gasteiger partial charge on any atom is -0.356 e. The van der Waals surface area contributed by atoms with Gasteiger partial charge in [-0.05, 0) is 44.1 Å². The molecule has 0 aromatic carbocycles. The van der Waals surface area contributed by atoms with Gasteiger partial charge in [-0.1, -0.05) is 0 Å². The summed E-state index contributed by atoms with van der Waals surface area (Å²) in [7, 11) is -4.61. The number of aromatic amines is 1. The maximum Gasteiger partial charge on any atom is 0.214 e. The molecule has 0 unspecified atom stereocenters. The van der Waals surface area contributed by atoms with Gasteiger partial charge in [0.05, 0.1) is 16.4 Å². The highest BCUT2D eigenvalue weighted by molar-refractivity contribution is 7.91. The lowest BCUT2D eigenvalue weighted by Gasteiger charge is -2.35. The van der Waals surface area contributed by atoms with Crippen molar-refractivity contribution in [1.82, 2.24) is 19.3 Å². The average Bonchev–Trinajstić information content (AvgIpc) is 3.37. The summed E-state index contributed by atoms with van der Waals surface area (Å²) in [6, 6.07) is 2.28. The number of hydrogen-bond donors (Lipinski definition) is 1. The van der Waals surface area contributed by atoms with Crippen molar-refractivity contribution in [3.05, 3.63) is 18.6 Å². The molecule has 2 aliphatic rings. The molecule has 166 valence electrons. The Labute approximate surface area is 177 Å². The summed E-state index contributed by atoms with van der Waals surface area (Å²) in [5.74, 6) is 1.10. The number of sulfone groups is 1. The van der Waals surface area contributed by atoms with Crippen molar-refractivity contribution in [2.75, 3.05) is 37.0 Å². The van der Waals surface area contributed by atoms with Crippen molar-refractivity contribution in [3.8, 4) is 0 Å². The van der Waals surface area contributed by atoms with E-state index in [-0.39, 0.29) is 18.2 Å². The largest absolute Gasteiger partial charge is 0.356 e. The first-order chi connectivity index (χ1) is 14.1. The summed E-state index contributed by atoms with van der Waals surface area (Å²) in [5.41, 5.74) is 0.810. The Bertz CT molecular complexity index is 1110. The van der Waals surface area contributed by atoms with E-state index in [0.717, 1.165) is 42.5 Å². The van der Waals surface area contributed by atoms with Crippen LogP contribution in [0.25, 0.3) is 11.0 Å². The molecule has 1 aliphatic carbocycles. The first kappa shape index (κ1) is 21.5. The standard InChI is InChI=1S/C19H29N5O4S2/c1-23(19-17-7-9-20-18(17)21-13-22-19)15-5-3-14(4-6-15)12-30(27,28)24-10-8-16(11-24)29(2,25)26/h7,9,13-16H,3-6,8,10-12H2,1-2H3,(H,20,21,22)/t14?,15?,16-/m0/s1. The van der Waals surface area contributed by atoms with E-state index in [1.807, 2.05) is 19.3 Å². The Hall–Kier alpha value is -1.72. The fourth-order valence-corrected chi connectivity index (χ4v) is 7.72. The van der Waals surface area contributed by atoms with Gasteiger partial charge in [0, 0.05) is 38.6 Å². The van der Waals surface area contributed by atoms with Crippen LogP contribution in [0, 0.1) is 5.92 Å². The molecule has 11 heteroatoms. The third-order valence-corrected chi connectivity index (χ3v) is 10.2. The first-order valence-corrected chi connectivity index (χ1v) is 13.9. The van der Waals surface area contributed by atoms with E-state index >= 15 is 0 Å². The molecule has 1 aliphatic heterocycles. The molecule has 3 heterocycles. The lowest BCUT2D eigenvalue weighted by Crippen LogP contribution is -2.39. The fourth-order valence-electron chi connectivity index (χ4n) is 4.71. The fraction of sp³-hybridized carbons (Fsp3) is 0.684. The summed E-state index contributed by atoms with van der Waals surface area (Å²) in [6.45, 7) is 0.401. The Kier molecular flexibility index (Phi) is 5.80. The van der Waals surface area contributed by atoms with Crippen molar-refractivity contribution in [2.45, 2.75) is 43.4 Å². The first-order valence-electron chi connectivity index (χ1n) is 10.3. The third kappa shape index (κ3) is 4.33. The second-order valence-electron chi connectivity index (χ2n) is 8.60. The van der Waals surface area contributed by atoms with Gasteiger partial charge in [0.1, 0.15) is 17.8 Å². The molecule has 1 atom stereocenters. The molecule has 0 spiro atoms. The molecule has 1 saturated carbocycles. The second kappa shape index (κ2) is 8.08. The molecule has 9 nitrogen and oxygen atoms in total. The average molecular weight is 456 g/mol. The van der Waals surface area contributed by atoms with Gasteiger partial charge in [-0.15, -0.1) is 0 Å². The molecule has 2 aromatic rings. The lowest BCUT2D eigenvalue weighted by molar-refractivity contribution is 0.336. The minimum atomic E-state index is -3.43. The topological polar surface area (TPSA) is 116 Å². The van der Waals surface area contributed by atoms with Crippen LogP contribution in [0.1, 0.15) is 32.1 Å². The molecule has 30 heavy (non-hydrogen) atoms. The summed E-state index contributed by atoms with van der Waals surface area (Å²) in [6.07, 6.45) is 8.45. The van der Waals surface area contributed by atoms with Gasteiger partial charge in [0.25, 0.3) is 0 Å². The predicted octanol–water partition coefficient (Wildman–Crippen LogP) is 1.40. The molecule has 2 aromatic heterocycles. The number of rotatable bonds is 6. The van der Waals surface area contributed by atoms with Crippen molar-refractivity contribution < 1.29 is 16.8 Å². The van der Waals surface area contributed by atoms with E-state index in [1.165, 1.54) is 10.6 Å². The van der Waals surface area contributed by atoms with E-state index in [0.29, 0.717) is 19.0 Å². The summed E-state index contributed by atoms with van der Waals surface area (Å²) in [4.78, 5) is 14.0. The van der Waals surface area contributed by atoms with Crippen molar-refractivity contribution in [2.24, 2.45) is 5.92 Å². The number of anilines is 1. The van der Waals surface area contributed by atoms with E-state index in [4.69, 9.17) is 0 Å². The monoisotopic (exact) mass is 455 g/mol. The van der Waals surface area contributed by atoms with E-state index in [9.17, 15) is 16.8 Å². The quantitative estimate of drug-likeness (QED) is 0.700. The molecular weight excluding hydrogens is 426 g/mol. The van der Waals surface area contributed by atoms with Gasteiger partial charge in [0.2, 0.25) is 10.0 Å². The highest BCUT2D eigenvalue weighted by atomic mass is 32.2. The maximum absolute atomic E-state index is 12.8. The normalized spacial score (nSPS) is 26.3. The number of sulfonamides is 1. The molecule has 2 fully saturated rings. The van der Waals surface area contributed by atoms with Crippen LogP contribution in [-0.2, 0) is 19.9 Å². The van der Waals surface area contributed by atoms with Crippen LogP contribution in [0.2, 0.25) is 0 Å². The number of fused-ring (bicyclic) bond motifs is 1. The van der Waals surface area contributed by atoms with Gasteiger partial charge in [0.15, 0.2) is 9.84 Å². The van der Waals surface area contributed by atoms with Crippen molar-refractivity contribution in [3.63, 3.8) is 0 Å². The van der Waals surface area contributed by atoms with Gasteiger partial charge < -0.3 is 9.88 Å². The van der Waals surface area contributed by atoms with Crippen LogP contribution in [0.3, 0.4) is 0 Å². The zero-order valence-electron chi connectivity index (χ0n) is 17.4. The SMILES string of the molecule is CN(c1ncnc2[nH]ccc12)C1CCC(CS(=O)(=O)N2CC[C@H](S(C)(=O)=O)C2)CC1. The van der Waals surface area contributed by atoms with Crippen LogP contribution >= 0.6 is 0 Å². The van der Waals surface area contributed by atoms with E-state index in [2.05, 4.69) is 19.9 Å². The number of nitrogens with one attached hydrogen (secondary N) is 1. The van der Waals surface area contributed by atoms with Crippen LogP contribution in [-0.4, -0.2) is 79.5 Å². The number of H-pyrrole nitrogens is 1. The van der Waals surface area contributed by atoms with E-state index in [1.54, 1.807) is 6.33 Å². The molecule has 0 radical (unpaired) electrons. The number of nitrogens with zero attached hydrogens (tertiary/aromatic N) is 4. The van der Waals surface area contributed by atoms with Crippen molar-refractivity contribution >= 4 is 36.7 Å². The van der Waals surface area contributed by atoms with Crippen LogP contribution in [0.4, 0.5) is 5.82 Å². The Morgan fingerprint density at radius 2 is 1.87 bits per heavy atom. The summed E-state index contributed by atoms with van der Waals surface area (Å²) < 4.78 is 50.5. The molecule has 0 bridgehead atoms. The Balaban J connectivity index is 1.35. The molecule has 1 N–H and O–H groups in total. The van der Waals surface area contributed by atoms with Crippen LogP contribution in [0.15, 0.2) is 18.6 Å². The maximum atomic E-state index is 12.8. The third-order valence-electron chi connectivity index (χ3n) is 6.58. The lowest BCUT2D eigenvalue weighted by atomic mass is 9.86. The molecule has 4 rings (SSSR count). The zero-order chi connectivity index (χ0) is 21.5. The Morgan fingerprint density at radius 3 is 2.53 bits per heavy atom. The minimum absolute atomic E-state index is 0.0969. The van der Waals surface area contributed by atoms with Gasteiger partial charge in [-0.25, -0.2) is 31.1 Å². The second-order valence-corrected chi connectivity index (χ2v) is 12.9. The molecule has 0 amide bonds. The molecular formula is C19H29N5O4S2. The summed E-state index contributed by atoms with van der Waals surface area (Å²) in [5, 5.41) is 0.411. The summed E-state index contributed by atoms with van der Waals surface area (Å²) >= 11 is 0. The number of hydrogen-bond acceptors (Lipinski definition) is 7. The van der Waals surface area contributed by atoms with Crippen LogP contribution in [0.5, 0.6) is 0 Å². The highest BCUT2D eigenvalue weighted by Crippen LogP contribution is 2.33. The highest BCUT2D eigenvalue weighted by Gasteiger charge is 2.38. The number of aromatic nitrogens is 3.